The summed E-state index contributed by atoms with van der Waals surface area (Å²) in [6.45, 7) is 6.82. The van der Waals surface area contributed by atoms with Crippen LogP contribution in [-0.2, 0) is 12.8 Å². The molecule has 1 aromatic rings. The van der Waals surface area contributed by atoms with Crippen molar-refractivity contribution in [2.75, 3.05) is 27.2 Å². The second-order valence-electron chi connectivity index (χ2n) is 7.02. The van der Waals surface area contributed by atoms with Gasteiger partial charge in [0.15, 0.2) is 5.78 Å². The quantitative estimate of drug-likeness (QED) is 0.533. The Labute approximate surface area is 147 Å². The Bertz CT molecular complexity index is 571. The monoisotopic (exact) mass is 330 g/mol. The summed E-state index contributed by atoms with van der Waals surface area (Å²) in [5.74, 6) is 0.124. The highest BCUT2D eigenvalue weighted by molar-refractivity contribution is 6.05. The lowest BCUT2D eigenvalue weighted by Gasteiger charge is -2.35. The van der Waals surface area contributed by atoms with Crippen LogP contribution in [0.1, 0.15) is 54.6 Å². The van der Waals surface area contributed by atoms with Gasteiger partial charge in [-0.3, -0.25) is 4.79 Å². The molecule has 0 aromatic heterocycles. The van der Waals surface area contributed by atoms with E-state index >= 15 is 0 Å². The predicted octanol–water partition coefficient (Wildman–Crippen LogP) is 3.92. The van der Waals surface area contributed by atoms with Gasteiger partial charge in [0.2, 0.25) is 0 Å². The van der Waals surface area contributed by atoms with Crippen molar-refractivity contribution in [3.63, 3.8) is 0 Å². The summed E-state index contributed by atoms with van der Waals surface area (Å²) in [5, 5.41) is 0. The maximum atomic E-state index is 12.6. The van der Waals surface area contributed by atoms with Crippen LogP contribution in [0, 0.1) is 0 Å². The van der Waals surface area contributed by atoms with E-state index in [2.05, 4.69) is 24.8 Å². The van der Waals surface area contributed by atoms with Crippen LogP contribution in [0.4, 0.5) is 0 Å². The van der Waals surface area contributed by atoms with Crippen LogP contribution in [0.25, 0.3) is 0 Å². The van der Waals surface area contributed by atoms with Gasteiger partial charge >= 0.3 is 0 Å². The third-order valence-electron chi connectivity index (χ3n) is 4.79. The van der Waals surface area contributed by atoms with Crippen LogP contribution in [-0.4, -0.2) is 48.8 Å². The Morgan fingerprint density at radius 2 is 1.92 bits per heavy atom. The molecule has 0 spiro atoms. The number of nitrogens with zero attached hydrogens (tertiary/aromatic N) is 2. The number of rotatable bonds is 8. The fourth-order valence-electron chi connectivity index (χ4n) is 3.67. The highest BCUT2D eigenvalue weighted by atomic mass is 16.3. The van der Waals surface area contributed by atoms with Gasteiger partial charge in [-0.1, -0.05) is 32.0 Å². The van der Waals surface area contributed by atoms with Gasteiger partial charge < -0.3 is 9.80 Å². The maximum absolute atomic E-state index is 12.6. The zero-order valence-corrected chi connectivity index (χ0v) is 15.7. The van der Waals surface area contributed by atoms with Crippen LogP contribution in [0.5, 0.6) is 0 Å². The van der Waals surface area contributed by atoms with Crippen molar-refractivity contribution >= 4 is 5.78 Å². The molecule has 0 heterocycles. The fourth-order valence-corrected chi connectivity index (χ4v) is 3.67. The Morgan fingerprint density at radius 3 is 2.54 bits per heavy atom. The number of ketones is 1. The summed E-state index contributed by atoms with van der Waals surface area (Å²) < 4.78 is 0. The first kappa shape index (κ1) is 18.7. The van der Waals surface area contributed by atoms with Crippen LogP contribution in [0.2, 0.25) is 0 Å². The first-order chi connectivity index (χ1) is 11.6. The number of benzene rings is 1. The standard InChI is InChI=1S/C21H32N2O/c1-5-13-23(14-6-2)18-11-10-17-8-7-9-19(20(17)16-18)21(24)12-15-22(3)4/h7-9,12,15,18H,5-6,10-11,13-14,16H2,1-4H3/b15-12+/t18-/m0/s1/i21+2. The predicted molar refractivity (Wildman–Crippen MR) is 102 cm³/mol. The largest absolute Gasteiger partial charge is 0.383 e. The molecule has 3 heteroatoms. The summed E-state index contributed by atoms with van der Waals surface area (Å²) in [7, 11) is 3.88. The first-order valence-electron chi connectivity index (χ1n) is 9.30. The molecule has 0 amide bonds. The summed E-state index contributed by atoms with van der Waals surface area (Å²) >= 11 is 0. The number of carbonyl (C=O) groups is 1. The summed E-state index contributed by atoms with van der Waals surface area (Å²) in [5.41, 5.74) is 3.53. The highest BCUT2D eigenvalue weighted by Gasteiger charge is 2.26. The minimum Gasteiger partial charge on any atom is -0.383 e. The SMILES string of the molecule is CCCN(CCC)[C@H]1CCc2cccc([14C](=O)/C=C/N(C)C)c2C1. The third-order valence-corrected chi connectivity index (χ3v) is 4.79. The summed E-state index contributed by atoms with van der Waals surface area (Å²) in [6, 6.07) is 6.80. The van der Waals surface area contributed by atoms with Crippen molar-refractivity contribution in [2.45, 2.75) is 52.0 Å². The molecule has 1 atom stereocenters. The molecule has 1 aromatic carbocycles. The van der Waals surface area contributed by atoms with E-state index in [0.717, 1.165) is 31.5 Å². The molecule has 132 valence electrons. The second-order valence-corrected chi connectivity index (χ2v) is 7.02. The molecule has 0 radical (unpaired) electrons. The first-order valence-corrected chi connectivity index (χ1v) is 9.30. The van der Waals surface area contributed by atoms with E-state index in [4.69, 9.17) is 0 Å². The minimum atomic E-state index is 0.124. The van der Waals surface area contributed by atoms with Crippen molar-refractivity contribution in [2.24, 2.45) is 0 Å². The van der Waals surface area contributed by atoms with Crippen molar-refractivity contribution in [1.29, 1.82) is 0 Å². The molecule has 0 N–H and O–H groups in total. The van der Waals surface area contributed by atoms with Gasteiger partial charge in [0.1, 0.15) is 0 Å². The second kappa shape index (κ2) is 9.03. The van der Waals surface area contributed by atoms with Crippen molar-refractivity contribution in [1.82, 2.24) is 9.80 Å². The molecule has 0 aliphatic heterocycles. The summed E-state index contributed by atoms with van der Waals surface area (Å²) in [4.78, 5) is 17.1. The maximum Gasteiger partial charge on any atom is 0.187 e. The molecule has 0 unspecified atom stereocenters. The molecule has 0 saturated carbocycles. The number of allylic oxidation sites excluding steroid dienone is 1. The molecule has 0 bridgehead atoms. The highest BCUT2D eigenvalue weighted by Crippen LogP contribution is 2.28. The zero-order valence-electron chi connectivity index (χ0n) is 15.7. The Morgan fingerprint density at radius 1 is 1.21 bits per heavy atom. The topological polar surface area (TPSA) is 23.6 Å². The number of hydrogen-bond donors (Lipinski definition) is 0. The van der Waals surface area contributed by atoms with Gasteiger partial charge in [-0.05, 0) is 56.3 Å². The molecule has 1 aliphatic carbocycles. The van der Waals surface area contributed by atoms with Gasteiger partial charge in [0.25, 0.3) is 0 Å². The molecule has 0 fully saturated rings. The summed E-state index contributed by atoms with van der Waals surface area (Å²) in [6.07, 6.45) is 9.20. The van der Waals surface area contributed by atoms with Gasteiger partial charge in [-0.25, -0.2) is 0 Å². The van der Waals surface area contributed by atoms with Gasteiger partial charge in [-0.15, -0.1) is 0 Å². The van der Waals surface area contributed by atoms with E-state index < -0.39 is 0 Å². The van der Waals surface area contributed by atoms with E-state index in [0.29, 0.717) is 6.04 Å². The lowest BCUT2D eigenvalue weighted by Crippen LogP contribution is -2.40. The van der Waals surface area contributed by atoms with Crippen molar-refractivity contribution in [3.8, 4) is 0 Å². The van der Waals surface area contributed by atoms with E-state index in [1.807, 2.05) is 37.3 Å². The molecular formula is C21H32N2O. The average Bonchev–Trinajstić information content (AvgIpc) is 2.58. The average molecular weight is 330 g/mol. The van der Waals surface area contributed by atoms with E-state index in [1.165, 1.54) is 30.4 Å². The molecule has 24 heavy (non-hydrogen) atoms. The van der Waals surface area contributed by atoms with Crippen LogP contribution < -0.4 is 0 Å². The van der Waals surface area contributed by atoms with Crippen LogP contribution >= 0.6 is 0 Å². The molecule has 2 rings (SSSR count). The van der Waals surface area contributed by atoms with Crippen molar-refractivity contribution < 1.29 is 4.79 Å². The van der Waals surface area contributed by atoms with Crippen LogP contribution in [0.15, 0.2) is 30.5 Å². The van der Waals surface area contributed by atoms with Gasteiger partial charge in [0, 0.05) is 38.0 Å². The van der Waals surface area contributed by atoms with Gasteiger partial charge in [-0.2, -0.15) is 0 Å². The molecular weight excluding hydrogens is 298 g/mol. The Kier molecular flexibility index (Phi) is 7.04. The lowest BCUT2D eigenvalue weighted by atomic mass is 9.86. The normalized spacial score (nSPS) is 17.3. The van der Waals surface area contributed by atoms with Crippen LogP contribution in [0.3, 0.4) is 0 Å². The zero-order chi connectivity index (χ0) is 17.5. The van der Waals surface area contributed by atoms with Crippen molar-refractivity contribution in [3.05, 3.63) is 47.2 Å². The third kappa shape index (κ3) is 4.70. The Balaban J connectivity index is 2.24. The van der Waals surface area contributed by atoms with E-state index in [9.17, 15) is 4.79 Å². The smallest absolute Gasteiger partial charge is 0.187 e. The number of aryl methyl sites for hydroxylation is 1. The molecule has 3 nitrogen and oxygen atoms in total. The molecule has 0 saturated heterocycles. The van der Waals surface area contributed by atoms with Gasteiger partial charge in [0.05, 0.1) is 0 Å². The number of carbonyl (C=O) groups excluding carboxylic acids is 1. The number of fused-ring (bicyclic) bond motifs is 1. The number of hydrogen-bond acceptors (Lipinski definition) is 3. The lowest BCUT2D eigenvalue weighted by molar-refractivity contribution is 0.104. The Hall–Kier alpha value is -1.61. The van der Waals surface area contributed by atoms with E-state index in [1.54, 1.807) is 6.08 Å². The van der Waals surface area contributed by atoms with E-state index in [-0.39, 0.29) is 5.78 Å². The molecule has 1 aliphatic rings. The fraction of sp³-hybridized carbons (Fsp3) is 0.571. The minimum absolute atomic E-state index is 0.124.